The predicted octanol–water partition coefficient (Wildman–Crippen LogP) is 5.22. The van der Waals surface area contributed by atoms with Gasteiger partial charge in [-0.2, -0.15) is 5.26 Å². The molecule has 0 amide bonds. The van der Waals surface area contributed by atoms with Gasteiger partial charge in [-0.15, -0.1) is 0 Å². The molecule has 4 rings (SSSR count). The van der Waals surface area contributed by atoms with Crippen molar-refractivity contribution >= 4 is 44.5 Å². The maximum absolute atomic E-state index is 12.3. The third-order valence-corrected chi connectivity index (χ3v) is 7.63. The molecule has 7 nitrogen and oxygen atoms in total. The van der Waals surface area contributed by atoms with Crippen molar-refractivity contribution in [1.82, 2.24) is 14.3 Å². The number of pyridine rings is 1. The Morgan fingerprint density at radius 2 is 1.79 bits per heavy atom. The van der Waals surface area contributed by atoms with E-state index in [0.717, 1.165) is 39.0 Å². The Morgan fingerprint density at radius 3 is 2.47 bits per heavy atom. The molecular weight excluding hydrogens is 446 g/mol. The van der Waals surface area contributed by atoms with Crippen molar-refractivity contribution in [2.45, 2.75) is 18.7 Å². The molecule has 2 N–H and O–H groups in total. The van der Waals surface area contributed by atoms with E-state index in [2.05, 4.69) is 21.4 Å². The van der Waals surface area contributed by atoms with E-state index in [1.54, 1.807) is 30.5 Å². The molecule has 0 saturated carbocycles. The summed E-state index contributed by atoms with van der Waals surface area (Å²) < 4.78 is 25.8. The van der Waals surface area contributed by atoms with Gasteiger partial charge in [0.1, 0.15) is 6.07 Å². The SMILES string of the molecule is Cc1ncc(C#N)c(Nc2ccc3[nH]ccc3c2C)c1/C=C/c1ccc(S(=O)(=O)N(C)C)cc1. The van der Waals surface area contributed by atoms with Crippen LogP contribution >= 0.6 is 0 Å². The van der Waals surface area contributed by atoms with Crippen molar-refractivity contribution in [1.29, 1.82) is 5.26 Å². The number of fused-ring (bicyclic) bond motifs is 1. The Hall–Kier alpha value is -3.93. The first-order valence-electron chi connectivity index (χ1n) is 10.7. The van der Waals surface area contributed by atoms with Crippen LogP contribution in [0, 0.1) is 25.2 Å². The first kappa shape index (κ1) is 23.2. The summed E-state index contributed by atoms with van der Waals surface area (Å²) in [6.45, 7) is 3.93. The van der Waals surface area contributed by atoms with E-state index < -0.39 is 10.0 Å². The number of aryl methyl sites for hydroxylation is 2. The van der Waals surface area contributed by atoms with Gasteiger partial charge in [-0.1, -0.05) is 24.3 Å². The minimum atomic E-state index is -3.48. The summed E-state index contributed by atoms with van der Waals surface area (Å²) in [6.07, 6.45) is 7.25. The lowest BCUT2D eigenvalue weighted by Gasteiger charge is -2.16. The molecule has 2 aromatic carbocycles. The molecule has 0 saturated heterocycles. The summed E-state index contributed by atoms with van der Waals surface area (Å²) in [7, 11) is -0.472. The highest BCUT2D eigenvalue weighted by atomic mass is 32.2. The minimum Gasteiger partial charge on any atom is -0.361 e. The van der Waals surface area contributed by atoms with Crippen LogP contribution in [0.15, 0.2) is 59.8 Å². The number of nitriles is 1. The van der Waals surface area contributed by atoms with E-state index in [-0.39, 0.29) is 4.90 Å². The quantitative estimate of drug-likeness (QED) is 0.402. The third-order valence-electron chi connectivity index (χ3n) is 5.80. The van der Waals surface area contributed by atoms with E-state index >= 15 is 0 Å². The summed E-state index contributed by atoms with van der Waals surface area (Å²) in [4.78, 5) is 7.83. The number of rotatable bonds is 6. The highest BCUT2D eigenvalue weighted by Crippen LogP contribution is 2.32. The topological polar surface area (TPSA) is 102 Å². The molecule has 0 fully saturated rings. The number of aromatic amines is 1. The van der Waals surface area contributed by atoms with Gasteiger partial charge in [0, 0.05) is 54.3 Å². The zero-order chi connectivity index (χ0) is 24.5. The molecule has 172 valence electrons. The second kappa shape index (κ2) is 9.14. The van der Waals surface area contributed by atoms with Gasteiger partial charge in [0.15, 0.2) is 0 Å². The molecule has 0 bridgehead atoms. The number of hydrogen-bond donors (Lipinski definition) is 2. The number of anilines is 2. The number of nitrogens with one attached hydrogen (secondary N) is 2. The van der Waals surface area contributed by atoms with Gasteiger partial charge in [-0.25, -0.2) is 12.7 Å². The number of H-pyrrole nitrogens is 1. The van der Waals surface area contributed by atoms with Gasteiger partial charge >= 0.3 is 0 Å². The molecular formula is C26H25N5O2S. The first-order chi connectivity index (χ1) is 16.2. The van der Waals surface area contributed by atoms with Crippen LogP contribution in [0.25, 0.3) is 23.1 Å². The summed E-state index contributed by atoms with van der Waals surface area (Å²) in [5.41, 5.74) is 6.53. The van der Waals surface area contributed by atoms with Crippen molar-refractivity contribution in [3.63, 3.8) is 0 Å². The van der Waals surface area contributed by atoms with Crippen LogP contribution in [0.4, 0.5) is 11.4 Å². The highest BCUT2D eigenvalue weighted by Gasteiger charge is 2.17. The van der Waals surface area contributed by atoms with Gasteiger partial charge in [0.2, 0.25) is 10.0 Å². The zero-order valence-corrected chi connectivity index (χ0v) is 20.2. The van der Waals surface area contributed by atoms with Crippen molar-refractivity contribution in [3.05, 3.63) is 82.8 Å². The average molecular weight is 472 g/mol. The van der Waals surface area contributed by atoms with Crippen LogP contribution in [0.5, 0.6) is 0 Å². The molecule has 0 spiro atoms. The molecule has 0 aliphatic rings. The fourth-order valence-electron chi connectivity index (χ4n) is 3.74. The van der Waals surface area contributed by atoms with Crippen LogP contribution in [-0.4, -0.2) is 36.8 Å². The zero-order valence-electron chi connectivity index (χ0n) is 19.4. The fourth-order valence-corrected chi connectivity index (χ4v) is 4.64. The molecule has 0 atom stereocenters. The molecule has 0 radical (unpaired) electrons. The average Bonchev–Trinajstić information content (AvgIpc) is 3.30. The summed E-state index contributed by atoms with van der Waals surface area (Å²) in [5, 5.41) is 14.3. The largest absolute Gasteiger partial charge is 0.361 e. The first-order valence-corrected chi connectivity index (χ1v) is 12.1. The number of hydrogen-bond acceptors (Lipinski definition) is 5. The predicted molar refractivity (Wildman–Crippen MR) is 136 cm³/mol. The Kier molecular flexibility index (Phi) is 6.24. The maximum Gasteiger partial charge on any atom is 0.242 e. The molecule has 2 aromatic heterocycles. The van der Waals surface area contributed by atoms with Crippen molar-refractivity contribution < 1.29 is 8.42 Å². The molecule has 34 heavy (non-hydrogen) atoms. The number of nitrogens with zero attached hydrogens (tertiary/aromatic N) is 3. The lowest BCUT2D eigenvalue weighted by Crippen LogP contribution is -2.22. The van der Waals surface area contributed by atoms with E-state index in [1.807, 2.05) is 50.4 Å². The van der Waals surface area contributed by atoms with E-state index in [9.17, 15) is 13.7 Å². The van der Waals surface area contributed by atoms with Gasteiger partial charge in [0.05, 0.1) is 16.1 Å². The van der Waals surface area contributed by atoms with Crippen LogP contribution < -0.4 is 5.32 Å². The van der Waals surface area contributed by atoms with Gasteiger partial charge in [0.25, 0.3) is 0 Å². The normalized spacial score (nSPS) is 11.9. The fraction of sp³-hybridized carbons (Fsp3) is 0.154. The van der Waals surface area contributed by atoms with Crippen molar-refractivity contribution in [2.24, 2.45) is 0 Å². The highest BCUT2D eigenvalue weighted by molar-refractivity contribution is 7.89. The van der Waals surface area contributed by atoms with E-state index in [0.29, 0.717) is 11.3 Å². The van der Waals surface area contributed by atoms with Gasteiger partial charge in [-0.05, 0) is 55.3 Å². The Balaban J connectivity index is 1.72. The Labute approximate surface area is 199 Å². The molecule has 8 heteroatoms. The Morgan fingerprint density at radius 1 is 1.06 bits per heavy atom. The smallest absolute Gasteiger partial charge is 0.242 e. The maximum atomic E-state index is 12.3. The second-order valence-corrected chi connectivity index (χ2v) is 10.3. The second-order valence-electron chi connectivity index (χ2n) is 8.15. The lowest BCUT2D eigenvalue weighted by molar-refractivity contribution is 0.521. The number of aromatic nitrogens is 2. The number of sulfonamides is 1. The monoisotopic (exact) mass is 471 g/mol. The lowest BCUT2D eigenvalue weighted by atomic mass is 10.0. The van der Waals surface area contributed by atoms with Crippen molar-refractivity contribution in [3.8, 4) is 6.07 Å². The third kappa shape index (κ3) is 4.31. The van der Waals surface area contributed by atoms with Crippen LogP contribution in [0.3, 0.4) is 0 Å². The summed E-state index contributed by atoms with van der Waals surface area (Å²) >= 11 is 0. The van der Waals surface area contributed by atoms with Crippen LogP contribution in [0.2, 0.25) is 0 Å². The molecule has 0 aliphatic carbocycles. The molecule has 4 aromatic rings. The summed E-state index contributed by atoms with van der Waals surface area (Å²) in [6, 6.07) is 14.9. The van der Waals surface area contributed by atoms with Crippen molar-refractivity contribution in [2.75, 3.05) is 19.4 Å². The summed E-state index contributed by atoms with van der Waals surface area (Å²) in [5.74, 6) is 0. The van der Waals surface area contributed by atoms with E-state index in [1.165, 1.54) is 18.4 Å². The Bertz CT molecular complexity index is 1540. The minimum absolute atomic E-state index is 0.233. The standard InChI is InChI=1S/C26H25N5O2S/c1-17-22-13-14-28-25(22)12-11-24(17)30-26-20(15-27)16-29-18(2)23(26)10-7-19-5-8-21(9-6-19)34(32,33)31(3)4/h5-14,16,28H,1-4H3,(H,29,30)/b10-7+. The van der Waals surface area contributed by atoms with Crippen LogP contribution in [0.1, 0.15) is 27.9 Å². The van der Waals surface area contributed by atoms with E-state index in [4.69, 9.17) is 0 Å². The molecule has 0 unspecified atom stereocenters. The van der Waals surface area contributed by atoms with Gasteiger partial charge < -0.3 is 10.3 Å². The molecule has 2 heterocycles. The molecule has 0 aliphatic heterocycles. The van der Waals surface area contributed by atoms with Gasteiger partial charge in [-0.3, -0.25) is 4.98 Å². The number of benzene rings is 2. The van der Waals surface area contributed by atoms with Crippen LogP contribution in [-0.2, 0) is 10.0 Å².